The first-order valence-corrected chi connectivity index (χ1v) is 7.64. The molecule has 0 saturated heterocycles. The molecule has 0 spiro atoms. The fourth-order valence-electron chi connectivity index (χ4n) is 2.98. The van der Waals surface area contributed by atoms with Gasteiger partial charge < -0.3 is 14.8 Å². The van der Waals surface area contributed by atoms with Crippen molar-refractivity contribution >= 4 is 0 Å². The molecule has 0 radical (unpaired) electrons. The van der Waals surface area contributed by atoms with Crippen LogP contribution in [0.5, 0.6) is 5.75 Å². The molecule has 1 aromatic carbocycles. The van der Waals surface area contributed by atoms with Crippen molar-refractivity contribution in [3.05, 3.63) is 29.3 Å². The van der Waals surface area contributed by atoms with Crippen LogP contribution < -0.4 is 10.1 Å². The Labute approximate surface area is 122 Å². The predicted molar refractivity (Wildman–Crippen MR) is 82.3 cm³/mol. The molecule has 3 heteroatoms. The SMILES string of the molecule is CNC(COCC1CCCC1)c1cc(C)ccc1OC. The van der Waals surface area contributed by atoms with Gasteiger partial charge in [-0.2, -0.15) is 0 Å². The van der Waals surface area contributed by atoms with Gasteiger partial charge in [0.1, 0.15) is 5.75 Å². The van der Waals surface area contributed by atoms with Crippen LogP contribution in [0.15, 0.2) is 18.2 Å². The molecule has 1 unspecified atom stereocenters. The molecule has 1 aromatic rings. The van der Waals surface area contributed by atoms with Crippen LogP contribution in [0.1, 0.15) is 42.9 Å². The lowest BCUT2D eigenvalue weighted by Crippen LogP contribution is -2.23. The molecule has 1 N–H and O–H groups in total. The third-order valence-electron chi connectivity index (χ3n) is 4.22. The molecular formula is C17H27NO2. The second-order valence-corrected chi connectivity index (χ2v) is 5.77. The maximum absolute atomic E-state index is 5.95. The predicted octanol–water partition coefficient (Wildman–Crippen LogP) is 3.47. The number of aryl methyl sites for hydroxylation is 1. The number of hydrogen-bond donors (Lipinski definition) is 1. The summed E-state index contributed by atoms with van der Waals surface area (Å²) in [5.41, 5.74) is 2.43. The molecule has 3 nitrogen and oxygen atoms in total. The molecule has 0 heterocycles. The Balaban J connectivity index is 1.94. The van der Waals surface area contributed by atoms with Gasteiger partial charge in [0.25, 0.3) is 0 Å². The minimum absolute atomic E-state index is 0.186. The first-order chi connectivity index (χ1) is 9.74. The lowest BCUT2D eigenvalue weighted by atomic mass is 10.0. The Morgan fingerprint density at radius 1 is 1.30 bits per heavy atom. The third-order valence-corrected chi connectivity index (χ3v) is 4.22. The highest BCUT2D eigenvalue weighted by Crippen LogP contribution is 2.28. The highest BCUT2D eigenvalue weighted by atomic mass is 16.5. The minimum atomic E-state index is 0.186. The maximum Gasteiger partial charge on any atom is 0.123 e. The van der Waals surface area contributed by atoms with Crippen molar-refractivity contribution in [2.45, 2.75) is 38.6 Å². The van der Waals surface area contributed by atoms with Crippen molar-refractivity contribution in [2.24, 2.45) is 5.92 Å². The molecule has 0 aliphatic heterocycles. The van der Waals surface area contributed by atoms with E-state index in [1.165, 1.54) is 36.8 Å². The van der Waals surface area contributed by atoms with E-state index in [4.69, 9.17) is 9.47 Å². The number of nitrogens with one attached hydrogen (secondary N) is 1. The lowest BCUT2D eigenvalue weighted by Gasteiger charge is -2.21. The number of ether oxygens (including phenoxy) is 2. The summed E-state index contributed by atoms with van der Waals surface area (Å²) >= 11 is 0. The van der Waals surface area contributed by atoms with E-state index < -0.39 is 0 Å². The number of hydrogen-bond acceptors (Lipinski definition) is 3. The highest BCUT2D eigenvalue weighted by molar-refractivity contribution is 5.39. The van der Waals surface area contributed by atoms with Crippen LogP contribution in [0.3, 0.4) is 0 Å². The number of rotatable bonds is 7. The zero-order valence-corrected chi connectivity index (χ0v) is 12.9. The molecule has 1 aliphatic carbocycles. The van der Waals surface area contributed by atoms with Crippen LogP contribution in [-0.4, -0.2) is 27.4 Å². The Hall–Kier alpha value is -1.06. The van der Waals surface area contributed by atoms with Gasteiger partial charge in [0, 0.05) is 12.2 Å². The second-order valence-electron chi connectivity index (χ2n) is 5.77. The summed E-state index contributed by atoms with van der Waals surface area (Å²) in [6.07, 6.45) is 5.40. The van der Waals surface area contributed by atoms with Crippen LogP contribution in [-0.2, 0) is 4.74 Å². The summed E-state index contributed by atoms with van der Waals surface area (Å²) in [4.78, 5) is 0. The van der Waals surface area contributed by atoms with Crippen molar-refractivity contribution < 1.29 is 9.47 Å². The molecule has 0 amide bonds. The van der Waals surface area contributed by atoms with Crippen LogP contribution in [0, 0.1) is 12.8 Å². The fourth-order valence-corrected chi connectivity index (χ4v) is 2.98. The van der Waals surface area contributed by atoms with Crippen molar-refractivity contribution in [1.29, 1.82) is 0 Å². The molecule has 1 saturated carbocycles. The van der Waals surface area contributed by atoms with Crippen molar-refractivity contribution in [1.82, 2.24) is 5.32 Å². The first-order valence-electron chi connectivity index (χ1n) is 7.64. The summed E-state index contributed by atoms with van der Waals surface area (Å²) in [6.45, 7) is 3.70. The third kappa shape index (κ3) is 3.97. The smallest absolute Gasteiger partial charge is 0.123 e. The standard InChI is InChI=1S/C17H27NO2/c1-13-8-9-17(19-3)15(10-13)16(18-2)12-20-11-14-6-4-5-7-14/h8-10,14,16,18H,4-7,11-12H2,1-3H3. The quantitative estimate of drug-likeness (QED) is 0.828. The van der Waals surface area contributed by atoms with E-state index >= 15 is 0 Å². The summed E-state index contributed by atoms with van der Waals surface area (Å²) in [7, 11) is 3.70. The van der Waals surface area contributed by atoms with E-state index in [1.807, 2.05) is 13.1 Å². The molecule has 0 bridgehead atoms. The van der Waals surface area contributed by atoms with Crippen LogP contribution in [0.4, 0.5) is 0 Å². The molecule has 1 aliphatic rings. The molecule has 2 rings (SSSR count). The van der Waals surface area contributed by atoms with E-state index in [0.717, 1.165) is 18.3 Å². The van der Waals surface area contributed by atoms with Crippen molar-refractivity contribution in [3.63, 3.8) is 0 Å². The maximum atomic E-state index is 5.95. The zero-order valence-electron chi connectivity index (χ0n) is 12.9. The Morgan fingerprint density at radius 2 is 2.05 bits per heavy atom. The minimum Gasteiger partial charge on any atom is -0.496 e. The van der Waals surface area contributed by atoms with Gasteiger partial charge in [-0.25, -0.2) is 0 Å². The number of likely N-dealkylation sites (N-methyl/N-ethyl adjacent to an activating group) is 1. The van der Waals surface area contributed by atoms with Gasteiger partial charge in [-0.15, -0.1) is 0 Å². The average molecular weight is 277 g/mol. The molecule has 20 heavy (non-hydrogen) atoms. The van der Waals surface area contributed by atoms with E-state index in [1.54, 1.807) is 7.11 Å². The largest absolute Gasteiger partial charge is 0.496 e. The molecule has 0 aromatic heterocycles. The van der Waals surface area contributed by atoms with E-state index in [9.17, 15) is 0 Å². The molecular weight excluding hydrogens is 250 g/mol. The summed E-state index contributed by atoms with van der Waals surface area (Å²) < 4.78 is 11.4. The second kappa shape index (κ2) is 7.65. The monoisotopic (exact) mass is 277 g/mol. The average Bonchev–Trinajstić information content (AvgIpc) is 2.97. The van der Waals surface area contributed by atoms with Crippen molar-refractivity contribution in [2.75, 3.05) is 27.4 Å². The van der Waals surface area contributed by atoms with Crippen molar-refractivity contribution in [3.8, 4) is 5.75 Å². The van der Waals surface area contributed by atoms with Gasteiger partial charge in [0.2, 0.25) is 0 Å². The highest BCUT2D eigenvalue weighted by Gasteiger charge is 2.18. The summed E-state index contributed by atoms with van der Waals surface area (Å²) in [6, 6.07) is 6.48. The molecule has 1 atom stereocenters. The molecule has 112 valence electrons. The Morgan fingerprint density at radius 3 is 2.70 bits per heavy atom. The van der Waals surface area contributed by atoms with Gasteiger partial charge in [-0.05, 0) is 38.8 Å². The summed E-state index contributed by atoms with van der Waals surface area (Å²) in [5, 5.41) is 3.34. The van der Waals surface area contributed by atoms with Crippen LogP contribution in [0.25, 0.3) is 0 Å². The van der Waals surface area contributed by atoms with E-state index in [0.29, 0.717) is 6.61 Å². The topological polar surface area (TPSA) is 30.5 Å². The van der Waals surface area contributed by atoms with E-state index in [2.05, 4.69) is 24.4 Å². The van der Waals surface area contributed by atoms with Gasteiger partial charge in [-0.1, -0.05) is 30.5 Å². The number of benzene rings is 1. The number of methoxy groups -OCH3 is 1. The first kappa shape index (κ1) is 15.3. The lowest BCUT2D eigenvalue weighted by molar-refractivity contribution is 0.0839. The van der Waals surface area contributed by atoms with Crippen LogP contribution in [0.2, 0.25) is 0 Å². The van der Waals surface area contributed by atoms with E-state index in [-0.39, 0.29) is 6.04 Å². The van der Waals surface area contributed by atoms with Crippen LogP contribution >= 0.6 is 0 Å². The zero-order chi connectivity index (χ0) is 14.4. The van der Waals surface area contributed by atoms with Gasteiger partial charge >= 0.3 is 0 Å². The molecule has 1 fully saturated rings. The Kier molecular flexibility index (Phi) is 5.86. The van der Waals surface area contributed by atoms with Gasteiger partial charge in [0.15, 0.2) is 0 Å². The fraction of sp³-hybridized carbons (Fsp3) is 0.647. The van der Waals surface area contributed by atoms with Gasteiger partial charge in [-0.3, -0.25) is 0 Å². The van der Waals surface area contributed by atoms with Gasteiger partial charge in [0.05, 0.1) is 19.8 Å². The normalized spacial score (nSPS) is 17.4. The Bertz CT molecular complexity index is 413. The summed E-state index contributed by atoms with van der Waals surface area (Å²) in [5.74, 6) is 1.70.